The topological polar surface area (TPSA) is 54.2 Å². The first kappa shape index (κ1) is 14.1. The Kier molecular flexibility index (Phi) is 3.72. The summed E-state index contributed by atoms with van der Waals surface area (Å²) < 4.78 is 0. The normalized spacial score (nSPS) is 18.8. The molecule has 21 heavy (non-hydrogen) atoms. The quantitative estimate of drug-likeness (QED) is 0.851. The summed E-state index contributed by atoms with van der Waals surface area (Å²) in [5.74, 6) is 0. The maximum Gasteiger partial charge on any atom is 0.0743 e. The van der Waals surface area contributed by atoms with Crippen molar-refractivity contribution in [3.63, 3.8) is 0 Å². The Morgan fingerprint density at radius 2 is 2.05 bits per heavy atom. The van der Waals surface area contributed by atoms with Crippen LogP contribution in [0.4, 0.5) is 11.4 Å². The fourth-order valence-electron chi connectivity index (χ4n) is 2.96. The number of pyridine rings is 1. The molecule has 0 amide bonds. The molecule has 0 radical (unpaired) electrons. The highest BCUT2D eigenvalue weighted by Gasteiger charge is 2.28. The molecular weight excluding hydrogens is 260 g/mol. The molecule has 3 rings (SSSR count). The van der Waals surface area contributed by atoms with Gasteiger partial charge < -0.3 is 16.0 Å². The summed E-state index contributed by atoms with van der Waals surface area (Å²) in [4.78, 5) is 6.81. The van der Waals surface area contributed by atoms with Crippen molar-refractivity contribution in [2.75, 3.05) is 37.7 Å². The monoisotopic (exact) mass is 284 g/mol. The first-order valence-corrected chi connectivity index (χ1v) is 7.62. The number of hydrogen-bond acceptors (Lipinski definition) is 4. The smallest absolute Gasteiger partial charge is 0.0743 e. The molecule has 1 aromatic carbocycles. The fraction of sp³-hybridized carbons (Fsp3) is 0.471. The third-order valence-electron chi connectivity index (χ3n) is 4.67. The van der Waals surface area contributed by atoms with Gasteiger partial charge in [-0.05, 0) is 62.7 Å². The van der Waals surface area contributed by atoms with E-state index in [9.17, 15) is 0 Å². The summed E-state index contributed by atoms with van der Waals surface area (Å²) in [5.41, 5.74) is 9.07. The Morgan fingerprint density at radius 1 is 1.29 bits per heavy atom. The maximum atomic E-state index is 5.83. The van der Waals surface area contributed by atoms with Crippen molar-refractivity contribution >= 4 is 22.3 Å². The lowest BCUT2D eigenvalue weighted by Crippen LogP contribution is -2.40. The van der Waals surface area contributed by atoms with Gasteiger partial charge in [0, 0.05) is 29.5 Å². The third-order valence-corrected chi connectivity index (χ3v) is 4.67. The number of nitrogens with two attached hydrogens (primary N) is 1. The van der Waals surface area contributed by atoms with E-state index in [0.29, 0.717) is 5.41 Å². The highest BCUT2D eigenvalue weighted by atomic mass is 15.1. The van der Waals surface area contributed by atoms with Crippen LogP contribution >= 0.6 is 0 Å². The van der Waals surface area contributed by atoms with Crippen LogP contribution in [-0.2, 0) is 0 Å². The molecule has 0 unspecified atom stereocenters. The molecule has 0 saturated carbocycles. The summed E-state index contributed by atoms with van der Waals surface area (Å²) in [5, 5.41) is 4.77. The number of nitrogen functional groups attached to an aromatic ring is 1. The van der Waals surface area contributed by atoms with Gasteiger partial charge in [0.1, 0.15) is 0 Å². The van der Waals surface area contributed by atoms with Crippen molar-refractivity contribution in [1.29, 1.82) is 0 Å². The van der Waals surface area contributed by atoms with E-state index in [1.54, 1.807) is 0 Å². The van der Waals surface area contributed by atoms with Crippen LogP contribution in [0.15, 0.2) is 30.5 Å². The van der Waals surface area contributed by atoms with Crippen molar-refractivity contribution in [3.05, 3.63) is 30.5 Å². The lowest BCUT2D eigenvalue weighted by molar-refractivity contribution is 0.150. The van der Waals surface area contributed by atoms with Crippen LogP contribution in [0.1, 0.15) is 19.8 Å². The number of benzene rings is 1. The Balaban J connectivity index is 1.76. The van der Waals surface area contributed by atoms with Crippen molar-refractivity contribution in [2.24, 2.45) is 5.41 Å². The summed E-state index contributed by atoms with van der Waals surface area (Å²) in [6.07, 6.45) is 4.33. The number of anilines is 2. The average molecular weight is 284 g/mol. The first-order valence-electron chi connectivity index (χ1n) is 7.62. The molecule has 2 aromatic rings. The molecule has 0 aliphatic carbocycles. The first-order chi connectivity index (χ1) is 10.1. The number of nitrogens with one attached hydrogen (secondary N) is 1. The van der Waals surface area contributed by atoms with Gasteiger partial charge in [-0.15, -0.1) is 0 Å². The van der Waals surface area contributed by atoms with Crippen LogP contribution in [0.2, 0.25) is 0 Å². The number of hydrogen-bond donors (Lipinski definition) is 2. The maximum absolute atomic E-state index is 5.83. The zero-order chi connectivity index (χ0) is 14.9. The van der Waals surface area contributed by atoms with Crippen LogP contribution < -0.4 is 11.1 Å². The van der Waals surface area contributed by atoms with Crippen LogP contribution in [-0.4, -0.2) is 36.6 Å². The molecule has 1 saturated heterocycles. The van der Waals surface area contributed by atoms with E-state index in [2.05, 4.69) is 41.3 Å². The van der Waals surface area contributed by atoms with Crippen molar-refractivity contribution in [1.82, 2.24) is 9.88 Å². The zero-order valence-corrected chi connectivity index (χ0v) is 12.9. The lowest BCUT2D eigenvalue weighted by Gasteiger charge is -2.38. The number of aromatic nitrogens is 1. The third kappa shape index (κ3) is 3.10. The van der Waals surface area contributed by atoms with Crippen molar-refractivity contribution in [3.8, 4) is 0 Å². The largest absolute Gasteiger partial charge is 0.399 e. The molecule has 0 spiro atoms. The molecule has 1 fully saturated rings. The molecule has 4 nitrogen and oxygen atoms in total. The highest BCUT2D eigenvalue weighted by Crippen LogP contribution is 2.32. The Bertz CT molecular complexity index is 630. The molecule has 3 N–H and O–H groups in total. The van der Waals surface area contributed by atoms with Crippen molar-refractivity contribution < 1.29 is 0 Å². The minimum atomic E-state index is 0.371. The van der Waals surface area contributed by atoms with E-state index >= 15 is 0 Å². The number of nitrogens with zero attached hydrogens (tertiary/aromatic N) is 2. The minimum absolute atomic E-state index is 0.371. The standard InChI is InChI=1S/C17H24N4/c1-17(6-9-21(2)10-7-17)12-20-15-5-8-19-16-11-13(18)3-4-14(15)16/h3-5,8,11H,6-7,9-10,12,18H2,1-2H3,(H,19,20). The fourth-order valence-corrected chi connectivity index (χ4v) is 2.96. The highest BCUT2D eigenvalue weighted by molar-refractivity contribution is 5.92. The number of fused-ring (bicyclic) bond motifs is 1. The number of rotatable bonds is 3. The number of likely N-dealkylation sites (tertiary alicyclic amines) is 1. The second-order valence-corrected chi connectivity index (χ2v) is 6.60. The van der Waals surface area contributed by atoms with Crippen LogP contribution in [0.25, 0.3) is 10.9 Å². The predicted molar refractivity (Wildman–Crippen MR) is 89.5 cm³/mol. The van der Waals surface area contributed by atoms with E-state index in [4.69, 9.17) is 5.73 Å². The van der Waals surface area contributed by atoms with Gasteiger partial charge in [0.05, 0.1) is 5.52 Å². The minimum Gasteiger partial charge on any atom is -0.399 e. The van der Waals surface area contributed by atoms with E-state index in [1.807, 2.05) is 18.3 Å². The average Bonchev–Trinajstić information content (AvgIpc) is 2.48. The number of piperidine rings is 1. The van der Waals surface area contributed by atoms with Gasteiger partial charge in [-0.3, -0.25) is 4.98 Å². The Hall–Kier alpha value is -1.81. The second kappa shape index (κ2) is 5.53. The van der Waals surface area contributed by atoms with Gasteiger partial charge in [0.25, 0.3) is 0 Å². The summed E-state index contributed by atoms with van der Waals surface area (Å²) in [7, 11) is 2.20. The van der Waals surface area contributed by atoms with Gasteiger partial charge >= 0.3 is 0 Å². The SMILES string of the molecule is CN1CCC(C)(CNc2ccnc3cc(N)ccc23)CC1. The second-order valence-electron chi connectivity index (χ2n) is 6.60. The van der Waals surface area contributed by atoms with Crippen molar-refractivity contribution in [2.45, 2.75) is 19.8 Å². The van der Waals surface area contributed by atoms with Gasteiger partial charge in [0.2, 0.25) is 0 Å². The van der Waals surface area contributed by atoms with Gasteiger partial charge in [-0.25, -0.2) is 0 Å². The van der Waals surface area contributed by atoms with Crippen LogP contribution in [0.3, 0.4) is 0 Å². The molecule has 0 atom stereocenters. The van der Waals surface area contributed by atoms with Crippen LogP contribution in [0.5, 0.6) is 0 Å². The molecule has 1 aliphatic rings. The summed E-state index contributed by atoms with van der Waals surface area (Å²) in [6, 6.07) is 7.97. The molecular formula is C17H24N4. The van der Waals surface area contributed by atoms with E-state index < -0.39 is 0 Å². The molecule has 0 bridgehead atoms. The lowest BCUT2D eigenvalue weighted by atomic mass is 9.80. The summed E-state index contributed by atoms with van der Waals surface area (Å²) in [6.45, 7) is 5.76. The molecule has 1 aliphatic heterocycles. The molecule has 112 valence electrons. The Morgan fingerprint density at radius 3 is 2.81 bits per heavy atom. The van der Waals surface area contributed by atoms with E-state index in [0.717, 1.165) is 28.8 Å². The molecule has 1 aromatic heterocycles. The Labute approximate surface area is 126 Å². The zero-order valence-electron chi connectivity index (χ0n) is 12.9. The van der Waals surface area contributed by atoms with Gasteiger partial charge in [-0.1, -0.05) is 6.92 Å². The van der Waals surface area contributed by atoms with Crippen LogP contribution in [0, 0.1) is 5.41 Å². The predicted octanol–water partition coefficient (Wildman–Crippen LogP) is 2.96. The van der Waals surface area contributed by atoms with Gasteiger partial charge in [-0.2, -0.15) is 0 Å². The van der Waals surface area contributed by atoms with E-state index in [-0.39, 0.29) is 0 Å². The summed E-state index contributed by atoms with van der Waals surface area (Å²) >= 11 is 0. The van der Waals surface area contributed by atoms with Gasteiger partial charge in [0.15, 0.2) is 0 Å². The van der Waals surface area contributed by atoms with E-state index in [1.165, 1.54) is 25.9 Å². The molecule has 2 heterocycles. The molecule has 4 heteroatoms.